The van der Waals surface area contributed by atoms with Crippen LogP contribution in [0, 0.1) is 0 Å². The average molecular weight is 197 g/mol. The fourth-order valence-corrected chi connectivity index (χ4v) is 0. The molecule has 0 aromatic rings. The smallest absolute Gasteiger partial charge is 0.326 e. The topological polar surface area (TPSA) is 83.6 Å². The molecule has 12 heavy (non-hydrogen) atoms. The van der Waals surface area contributed by atoms with E-state index in [0.717, 1.165) is 0 Å². The summed E-state index contributed by atoms with van der Waals surface area (Å²) in [7, 11) is -3.74. The highest BCUT2D eigenvalue weighted by molar-refractivity contribution is 7.52. The van der Waals surface area contributed by atoms with E-state index in [1.165, 1.54) is 13.8 Å². The Bertz CT molecular complexity index is 151. The lowest BCUT2D eigenvalue weighted by Crippen LogP contribution is -2.26. The summed E-state index contributed by atoms with van der Waals surface area (Å²) in [6.45, 7) is 8.87. The van der Waals surface area contributed by atoms with Gasteiger partial charge in [0.2, 0.25) is 0 Å². The Kier molecular flexibility index (Phi) is 6.06. The second-order valence-electron chi connectivity index (χ2n) is 4.05. The van der Waals surface area contributed by atoms with Crippen LogP contribution in [0.15, 0.2) is 0 Å². The van der Waals surface area contributed by atoms with Crippen molar-refractivity contribution in [3.05, 3.63) is 0 Å². The van der Waals surface area contributed by atoms with Crippen molar-refractivity contribution >= 4 is 7.60 Å². The Hall–Kier alpha value is 0.110. The molecular weight excluding hydrogens is 177 g/mol. The molecule has 0 spiro atoms. The van der Waals surface area contributed by atoms with Crippen molar-refractivity contribution in [2.24, 2.45) is 5.73 Å². The van der Waals surface area contributed by atoms with Gasteiger partial charge in [0, 0.05) is 5.54 Å². The Balaban J connectivity index is 0. The normalized spacial score (nSPS) is 12.4. The van der Waals surface area contributed by atoms with E-state index < -0.39 is 13.3 Å². The molecule has 0 aliphatic carbocycles. The van der Waals surface area contributed by atoms with Crippen LogP contribution in [-0.4, -0.2) is 21.0 Å². The predicted octanol–water partition coefficient (Wildman–Crippen LogP) is 1.32. The van der Waals surface area contributed by atoms with Crippen LogP contribution >= 0.6 is 7.60 Å². The molecule has 0 aliphatic heterocycles. The molecule has 0 aromatic carbocycles. The molecule has 4 N–H and O–H groups in total. The maximum Gasteiger partial charge on any atom is 0.328 e. The summed E-state index contributed by atoms with van der Waals surface area (Å²) in [5.74, 6) is 0. The molecule has 0 rings (SSSR count). The van der Waals surface area contributed by atoms with Crippen LogP contribution in [0.4, 0.5) is 0 Å². The van der Waals surface area contributed by atoms with Crippen molar-refractivity contribution in [1.82, 2.24) is 0 Å². The fourth-order valence-electron chi connectivity index (χ4n) is 0. The molecule has 0 saturated carbocycles. The molecule has 0 aliphatic rings. The Morgan fingerprint density at radius 1 is 1.25 bits per heavy atom. The van der Waals surface area contributed by atoms with Gasteiger partial charge >= 0.3 is 7.60 Å². The third-order valence-corrected chi connectivity index (χ3v) is 2.02. The van der Waals surface area contributed by atoms with E-state index in [9.17, 15) is 4.57 Å². The van der Waals surface area contributed by atoms with Gasteiger partial charge in [0.25, 0.3) is 0 Å². The largest absolute Gasteiger partial charge is 0.328 e. The summed E-state index contributed by atoms with van der Waals surface area (Å²) in [5, 5.41) is 0. The molecule has 0 radical (unpaired) electrons. The summed E-state index contributed by atoms with van der Waals surface area (Å²) in [4.78, 5) is 16.4. The molecule has 0 fully saturated rings. The zero-order chi connectivity index (χ0) is 10.6. The molecule has 0 aromatic heterocycles. The highest BCUT2D eigenvalue weighted by Crippen LogP contribution is 2.39. The van der Waals surface area contributed by atoms with Crippen molar-refractivity contribution in [2.75, 3.05) is 0 Å². The van der Waals surface area contributed by atoms with Gasteiger partial charge in [0.15, 0.2) is 0 Å². The minimum Gasteiger partial charge on any atom is -0.326 e. The van der Waals surface area contributed by atoms with Crippen LogP contribution in [0.1, 0.15) is 34.6 Å². The SMILES string of the molecule is CC(C)(C)N.CC(C)P(=O)(O)O. The first-order chi connectivity index (χ1) is 4.94. The van der Waals surface area contributed by atoms with Gasteiger partial charge in [-0.2, -0.15) is 0 Å². The van der Waals surface area contributed by atoms with Crippen LogP contribution in [0.5, 0.6) is 0 Å². The number of hydrogen-bond acceptors (Lipinski definition) is 2. The monoisotopic (exact) mass is 197 g/mol. The van der Waals surface area contributed by atoms with E-state index in [1.54, 1.807) is 0 Å². The summed E-state index contributed by atoms with van der Waals surface area (Å²) < 4.78 is 10.0. The highest BCUT2D eigenvalue weighted by Gasteiger charge is 2.17. The van der Waals surface area contributed by atoms with Gasteiger partial charge in [0.05, 0.1) is 5.66 Å². The number of hydrogen-bond donors (Lipinski definition) is 3. The Morgan fingerprint density at radius 2 is 1.33 bits per heavy atom. The van der Waals surface area contributed by atoms with Crippen LogP contribution in [0.25, 0.3) is 0 Å². The lowest BCUT2D eigenvalue weighted by molar-refractivity contribution is 0.363. The summed E-state index contributed by atoms with van der Waals surface area (Å²) >= 11 is 0. The minimum atomic E-state index is -3.74. The highest BCUT2D eigenvalue weighted by atomic mass is 31.2. The summed E-state index contributed by atoms with van der Waals surface area (Å²) in [6.07, 6.45) is 0. The van der Waals surface area contributed by atoms with E-state index in [0.29, 0.717) is 0 Å². The molecule has 0 bridgehead atoms. The number of nitrogens with two attached hydrogens (primary N) is 1. The van der Waals surface area contributed by atoms with Crippen LogP contribution in [0.2, 0.25) is 0 Å². The van der Waals surface area contributed by atoms with Gasteiger partial charge in [-0.1, -0.05) is 13.8 Å². The minimum absolute atomic E-state index is 0. The molecule has 0 unspecified atom stereocenters. The third-order valence-electron chi connectivity index (χ3n) is 0.673. The van der Waals surface area contributed by atoms with E-state index in [1.807, 2.05) is 20.8 Å². The van der Waals surface area contributed by atoms with Gasteiger partial charge < -0.3 is 15.5 Å². The molecular formula is C7H20NO3P. The molecule has 5 heteroatoms. The molecule has 4 nitrogen and oxygen atoms in total. The van der Waals surface area contributed by atoms with Gasteiger partial charge in [-0.05, 0) is 20.8 Å². The first-order valence-corrected chi connectivity index (χ1v) is 5.47. The maximum absolute atomic E-state index is 10.0. The maximum atomic E-state index is 10.0. The fraction of sp³-hybridized carbons (Fsp3) is 1.00. The van der Waals surface area contributed by atoms with Gasteiger partial charge in [0.1, 0.15) is 0 Å². The first-order valence-electron chi connectivity index (χ1n) is 3.78. The standard InChI is InChI=1S/C4H11N.C3H9O3P/c1-4(2,3)5;1-3(2)7(4,5)6/h5H2,1-3H3;3H,1-2H3,(H2,4,5,6). The van der Waals surface area contributed by atoms with Crippen molar-refractivity contribution in [3.8, 4) is 0 Å². The quantitative estimate of drug-likeness (QED) is 0.553. The van der Waals surface area contributed by atoms with Gasteiger partial charge in [-0.15, -0.1) is 0 Å². The van der Waals surface area contributed by atoms with E-state index in [-0.39, 0.29) is 5.54 Å². The van der Waals surface area contributed by atoms with E-state index in [4.69, 9.17) is 15.5 Å². The van der Waals surface area contributed by atoms with Crippen molar-refractivity contribution in [2.45, 2.75) is 45.8 Å². The van der Waals surface area contributed by atoms with E-state index >= 15 is 0 Å². The van der Waals surface area contributed by atoms with Crippen LogP contribution < -0.4 is 5.73 Å². The van der Waals surface area contributed by atoms with Crippen LogP contribution in [0.3, 0.4) is 0 Å². The Labute approximate surface area is 74.3 Å². The number of rotatable bonds is 1. The van der Waals surface area contributed by atoms with E-state index in [2.05, 4.69) is 0 Å². The third kappa shape index (κ3) is 22.5. The molecule has 0 amide bonds. The van der Waals surface area contributed by atoms with Gasteiger partial charge in [-0.3, -0.25) is 4.57 Å². The zero-order valence-corrected chi connectivity index (χ0v) is 9.30. The predicted molar refractivity (Wildman–Crippen MR) is 51.1 cm³/mol. The second-order valence-corrected chi connectivity index (χ2v) is 6.26. The van der Waals surface area contributed by atoms with Crippen LogP contribution in [-0.2, 0) is 4.57 Å². The molecule has 0 saturated heterocycles. The lowest BCUT2D eigenvalue weighted by Gasteiger charge is -2.06. The molecule has 0 heterocycles. The van der Waals surface area contributed by atoms with Crippen molar-refractivity contribution in [1.29, 1.82) is 0 Å². The second kappa shape index (κ2) is 4.97. The van der Waals surface area contributed by atoms with Gasteiger partial charge in [-0.25, -0.2) is 0 Å². The summed E-state index contributed by atoms with van der Waals surface area (Å²) in [5.41, 5.74) is 4.82. The first kappa shape index (κ1) is 14.6. The zero-order valence-electron chi connectivity index (χ0n) is 8.40. The summed E-state index contributed by atoms with van der Waals surface area (Å²) in [6, 6.07) is 0. The molecule has 0 atom stereocenters. The van der Waals surface area contributed by atoms with Crippen molar-refractivity contribution in [3.63, 3.8) is 0 Å². The average Bonchev–Trinajstić information content (AvgIpc) is 1.55. The Morgan fingerprint density at radius 3 is 1.33 bits per heavy atom. The van der Waals surface area contributed by atoms with Crippen molar-refractivity contribution < 1.29 is 14.4 Å². The lowest BCUT2D eigenvalue weighted by atomic mass is 10.1. The molecule has 76 valence electrons.